The van der Waals surface area contributed by atoms with E-state index in [1.165, 1.54) is 25.3 Å². The molecule has 1 aromatic rings. The number of ether oxygens (including phenoxy) is 1. The summed E-state index contributed by atoms with van der Waals surface area (Å²) in [6.45, 7) is 0.724. The molecule has 0 bridgehead atoms. The Bertz CT molecular complexity index is 798. The molecule has 1 aromatic heterocycles. The third-order valence-corrected chi connectivity index (χ3v) is 3.40. The molecule has 128 valence electrons. The first kappa shape index (κ1) is 17.7. The van der Waals surface area contributed by atoms with Gasteiger partial charge in [-0.05, 0) is 19.1 Å². The molecule has 0 aliphatic carbocycles. The lowest BCUT2D eigenvalue weighted by Gasteiger charge is -2.15. The van der Waals surface area contributed by atoms with Gasteiger partial charge in [0, 0.05) is 22.9 Å². The van der Waals surface area contributed by atoms with Gasteiger partial charge in [-0.15, -0.1) is 0 Å². The standard InChI is InChI=1S/C15H15F2N3O4/c1-8(22)2-3-9-6-20(15(23)19-13(9)18)14-11(5-17)10(4-16)12(7-21)24-14/h2-6,12,14,21H,7H2,1H3,(H2,18,19,23). The van der Waals surface area contributed by atoms with Crippen molar-refractivity contribution in [2.24, 2.45) is 0 Å². The van der Waals surface area contributed by atoms with E-state index in [1.807, 2.05) is 0 Å². The summed E-state index contributed by atoms with van der Waals surface area (Å²) in [4.78, 5) is 26.6. The van der Waals surface area contributed by atoms with Gasteiger partial charge >= 0.3 is 5.69 Å². The average Bonchev–Trinajstić information content (AvgIpc) is 2.91. The summed E-state index contributed by atoms with van der Waals surface area (Å²) in [7, 11) is 0. The summed E-state index contributed by atoms with van der Waals surface area (Å²) in [5.74, 6) is -0.380. The molecule has 0 saturated carbocycles. The predicted octanol–water partition coefficient (Wildman–Crippen LogP) is 1.02. The second-order valence-corrected chi connectivity index (χ2v) is 5.00. The van der Waals surface area contributed by atoms with Crippen molar-refractivity contribution in [2.75, 3.05) is 12.3 Å². The van der Waals surface area contributed by atoms with E-state index >= 15 is 0 Å². The molecule has 2 heterocycles. The molecule has 0 amide bonds. The van der Waals surface area contributed by atoms with E-state index in [0.29, 0.717) is 0 Å². The molecule has 1 fully saturated rings. The van der Waals surface area contributed by atoms with Crippen LogP contribution in [-0.4, -0.2) is 33.2 Å². The molecule has 2 rings (SSSR count). The number of carbonyl (C=O) groups excluding carboxylic acids is 1. The number of aromatic nitrogens is 2. The van der Waals surface area contributed by atoms with Gasteiger partial charge in [0.15, 0.2) is 12.0 Å². The van der Waals surface area contributed by atoms with Crippen molar-refractivity contribution in [1.29, 1.82) is 0 Å². The van der Waals surface area contributed by atoms with E-state index in [2.05, 4.69) is 4.98 Å². The topological polar surface area (TPSA) is 107 Å². The predicted molar refractivity (Wildman–Crippen MR) is 82.0 cm³/mol. The molecule has 1 saturated heterocycles. The number of aliphatic hydroxyl groups is 1. The van der Waals surface area contributed by atoms with Gasteiger partial charge in [-0.3, -0.25) is 9.36 Å². The van der Waals surface area contributed by atoms with Crippen LogP contribution in [0.2, 0.25) is 0 Å². The lowest BCUT2D eigenvalue weighted by atomic mass is 10.1. The molecule has 2 unspecified atom stereocenters. The number of ketones is 1. The summed E-state index contributed by atoms with van der Waals surface area (Å²) in [5, 5.41) is 9.21. The molecule has 0 spiro atoms. The maximum Gasteiger partial charge on any atom is 0.351 e. The smallest absolute Gasteiger partial charge is 0.351 e. The van der Waals surface area contributed by atoms with Gasteiger partial charge in [0.1, 0.15) is 11.9 Å². The Kier molecular flexibility index (Phi) is 5.37. The second-order valence-electron chi connectivity index (χ2n) is 5.00. The van der Waals surface area contributed by atoms with Crippen LogP contribution >= 0.6 is 0 Å². The number of rotatable bonds is 4. The summed E-state index contributed by atoms with van der Waals surface area (Å²) >= 11 is 0. The minimum atomic E-state index is -1.32. The van der Waals surface area contributed by atoms with E-state index in [1.54, 1.807) is 0 Å². The lowest BCUT2D eigenvalue weighted by Crippen LogP contribution is -2.29. The van der Waals surface area contributed by atoms with Gasteiger partial charge in [-0.1, -0.05) is 0 Å². The fraction of sp³-hybridized carbons (Fsp3) is 0.267. The Morgan fingerprint density at radius 1 is 1.46 bits per heavy atom. The number of hydrogen-bond donors (Lipinski definition) is 2. The van der Waals surface area contributed by atoms with Gasteiger partial charge in [0.05, 0.1) is 19.3 Å². The summed E-state index contributed by atoms with van der Waals surface area (Å²) < 4.78 is 32.4. The lowest BCUT2D eigenvalue weighted by molar-refractivity contribution is -0.112. The number of nitrogens with zero attached hydrogens (tertiary/aromatic N) is 2. The number of aliphatic hydroxyl groups excluding tert-OH is 1. The Balaban J connectivity index is 2.54. The Morgan fingerprint density at radius 2 is 2.12 bits per heavy atom. The normalized spacial score (nSPS) is 24.3. The van der Waals surface area contributed by atoms with Crippen molar-refractivity contribution in [3.8, 4) is 0 Å². The fourth-order valence-corrected chi connectivity index (χ4v) is 2.24. The van der Waals surface area contributed by atoms with Crippen LogP contribution < -0.4 is 11.4 Å². The number of carbonyl (C=O) groups is 1. The zero-order valence-corrected chi connectivity index (χ0v) is 12.6. The van der Waals surface area contributed by atoms with E-state index in [9.17, 15) is 23.5 Å². The number of nitrogen functional groups attached to an aromatic ring is 1. The monoisotopic (exact) mass is 339 g/mol. The van der Waals surface area contributed by atoms with Gasteiger partial charge in [-0.2, -0.15) is 4.98 Å². The number of halogens is 2. The molecule has 2 atom stereocenters. The van der Waals surface area contributed by atoms with Crippen LogP contribution in [0.25, 0.3) is 6.08 Å². The first-order chi connectivity index (χ1) is 11.4. The van der Waals surface area contributed by atoms with E-state index < -0.39 is 24.6 Å². The highest BCUT2D eigenvalue weighted by atomic mass is 19.1. The number of anilines is 1. The first-order valence-corrected chi connectivity index (χ1v) is 6.87. The van der Waals surface area contributed by atoms with Crippen LogP contribution in [0.1, 0.15) is 18.7 Å². The molecular weight excluding hydrogens is 324 g/mol. The number of hydrogen-bond acceptors (Lipinski definition) is 6. The zero-order valence-electron chi connectivity index (χ0n) is 12.6. The van der Waals surface area contributed by atoms with Crippen molar-refractivity contribution in [1.82, 2.24) is 9.55 Å². The van der Waals surface area contributed by atoms with Crippen molar-refractivity contribution in [3.05, 3.63) is 52.1 Å². The summed E-state index contributed by atoms with van der Waals surface area (Å²) in [5.41, 5.74) is 4.52. The SMILES string of the molecule is CC(=O)C=Cc1cn(C2OC(CO)C(=CF)C2=CF)c(=O)nc1N. The third kappa shape index (κ3) is 3.31. The molecule has 9 heteroatoms. The van der Waals surface area contributed by atoms with Crippen LogP contribution in [0.5, 0.6) is 0 Å². The third-order valence-electron chi connectivity index (χ3n) is 3.40. The number of allylic oxidation sites excluding steroid dienone is 1. The molecule has 24 heavy (non-hydrogen) atoms. The second kappa shape index (κ2) is 7.28. The van der Waals surface area contributed by atoms with Crippen LogP contribution in [0.3, 0.4) is 0 Å². The van der Waals surface area contributed by atoms with Crippen molar-refractivity contribution in [2.45, 2.75) is 19.3 Å². The Morgan fingerprint density at radius 3 is 2.67 bits per heavy atom. The minimum absolute atomic E-state index is 0.0968. The van der Waals surface area contributed by atoms with Crippen LogP contribution in [0.15, 0.2) is 40.9 Å². The van der Waals surface area contributed by atoms with Crippen LogP contribution in [0, 0.1) is 0 Å². The highest BCUT2D eigenvalue weighted by molar-refractivity contribution is 5.92. The van der Waals surface area contributed by atoms with Crippen molar-refractivity contribution >= 4 is 17.7 Å². The molecule has 1 aliphatic rings. The largest absolute Gasteiger partial charge is 0.393 e. The van der Waals surface area contributed by atoms with Crippen molar-refractivity contribution in [3.63, 3.8) is 0 Å². The zero-order chi connectivity index (χ0) is 17.9. The maximum absolute atomic E-state index is 13.2. The van der Waals surface area contributed by atoms with Gasteiger partial charge in [0.25, 0.3) is 0 Å². The average molecular weight is 339 g/mol. The van der Waals surface area contributed by atoms with Gasteiger partial charge < -0.3 is 15.6 Å². The quantitative estimate of drug-likeness (QED) is 0.793. The Labute approximate surface area is 135 Å². The Hall–Kier alpha value is -2.65. The van der Waals surface area contributed by atoms with Crippen LogP contribution in [-0.2, 0) is 9.53 Å². The van der Waals surface area contributed by atoms with Gasteiger partial charge in [-0.25, -0.2) is 13.6 Å². The van der Waals surface area contributed by atoms with E-state index in [0.717, 1.165) is 4.57 Å². The summed E-state index contributed by atoms with van der Waals surface area (Å²) in [6, 6.07) is 0. The molecule has 0 radical (unpaired) electrons. The van der Waals surface area contributed by atoms with E-state index in [-0.39, 0.29) is 41.0 Å². The molecular formula is C15H15F2N3O4. The number of nitrogens with two attached hydrogens (primary N) is 1. The van der Waals surface area contributed by atoms with Crippen LogP contribution in [0.4, 0.5) is 14.6 Å². The highest BCUT2D eigenvalue weighted by Crippen LogP contribution is 2.38. The van der Waals surface area contributed by atoms with Crippen molar-refractivity contribution < 1.29 is 23.4 Å². The molecule has 7 nitrogen and oxygen atoms in total. The molecule has 3 N–H and O–H groups in total. The minimum Gasteiger partial charge on any atom is -0.393 e. The maximum atomic E-state index is 13.2. The summed E-state index contributed by atoms with van der Waals surface area (Å²) in [6.07, 6.45) is 1.53. The van der Waals surface area contributed by atoms with Gasteiger partial charge in [0.2, 0.25) is 0 Å². The van der Waals surface area contributed by atoms with E-state index in [4.69, 9.17) is 10.5 Å². The highest BCUT2D eigenvalue weighted by Gasteiger charge is 2.37. The fourth-order valence-electron chi connectivity index (χ4n) is 2.24. The molecule has 0 aromatic carbocycles. The first-order valence-electron chi connectivity index (χ1n) is 6.87. The molecule has 1 aliphatic heterocycles.